The van der Waals surface area contributed by atoms with Crippen molar-refractivity contribution >= 4 is 17.7 Å². The number of benzene rings is 1. The zero-order valence-corrected chi connectivity index (χ0v) is 11.0. The molecule has 0 spiro atoms. The average Bonchev–Trinajstić information content (AvgIpc) is 2.43. The molecule has 0 bridgehead atoms. The highest BCUT2D eigenvalue weighted by Gasteiger charge is 2.16. The van der Waals surface area contributed by atoms with Crippen molar-refractivity contribution in [3.63, 3.8) is 0 Å². The number of nitrogens with one attached hydrogen (secondary N) is 1. The number of carboxylic acid groups (broad SMARTS) is 1. The van der Waals surface area contributed by atoms with Gasteiger partial charge < -0.3 is 20.1 Å². The number of nitrogens with zero attached hydrogens (tertiary/aromatic N) is 2. The number of rotatable bonds is 6. The second-order valence-electron chi connectivity index (χ2n) is 3.93. The zero-order valence-electron chi connectivity index (χ0n) is 11.0. The Balaban J connectivity index is 2.73. The molecule has 0 aliphatic rings. The van der Waals surface area contributed by atoms with Crippen LogP contribution in [0.25, 0.3) is 0 Å². The summed E-state index contributed by atoms with van der Waals surface area (Å²) >= 11 is 0. The van der Waals surface area contributed by atoms with Crippen molar-refractivity contribution in [2.75, 3.05) is 32.1 Å². The predicted molar refractivity (Wildman–Crippen MR) is 71.3 cm³/mol. The van der Waals surface area contributed by atoms with Crippen LogP contribution in [-0.4, -0.2) is 48.8 Å². The molecule has 2 amide bonds. The van der Waals surface area contributed by atoms with Gasteiger partial charge in [-0.05, 0) is 18.2 Å². The van der Waals surface area contributed by atoms with Crippen LogP contribution in [0.1, 0.15) is 5.56 Å². The molecular formula is C13H15N3O4. The Kier molecular flexibility index (Phi) is 6.00. The van der Waals surface area contributed by atoms with E-state index < -0.39 is 18.5 Å². The van der Waals surface area contributed by atoms with Gasteiger partial charge in [0.2, 0.25) is 0 Å². The predicted octanol–water partition coefficient (Wildman–Crippen LogP) is 1.12. The smallest absolute Gasteiger partial charge is 0.323 e. The Labute approximate surface area is 116 Å². The Hall–Kier alpha value is -2.59. The van der Waals surface area contributed by atoms with Gasteiger partial charge >= 0.3 is 12.0 Å². The van der Waals surface area contributed by atoms with Gasteiger partial charge in [0.1, 0.15) is 6.54 Å². The van der Waals surface area contributed by atoms with E-state index >= 15 is 0 Å². The van der Waals surface area contributed by atoms with Gasteiger partial charge in [-0.2, -0.15) is 5.26 Å². The van der Waals surface area contributed by atoms with Crippen LogP contribution in [0.3, 0.4) is 0 Å². The maximum absolute atomic E-state index is 12.0. The molecule has 106 valence electrons. The van der Waals surface area contributed by atoms with Gasteiger partial charge in [0.15, 0.2) is 0 Å². The molecule has 0 aliphatic carbocycles. The Morgan fingerprint density at radius 1 is 1.50 bits per heavy atom. The lowest BCUT2D eigenvalue weighted by molar-refractivity contribution is -0.137. The van der Waals surface area contributed by atoms with Crippen molar-refractivity contribution in [2.45, 2.75) is 0 Å². The van der Waals surface area contributed by atoms with Crippen LogP contribution in [0.15, 0.2) is 24.3 Å². The quantitative estimate of drug-likeness (QED) is 0.811. The molecule has 0 fully saturated rings. The SMILES string of the molecule is COCCN(CC(=O)O)C(=O)Nc1cccc(C#N)c1. The number of hydrogen-bond acceptors (Lipinski definition) is 4. The summed E-state index contributed by atoms with van der Waals surface area (Å²) in [7, 11) is 1.47. The van der Waals surface area contributed by atoms with E-state index in [0.29, 0.717) is 11.3 Å². The van der Waals surface area contributed by atoms with Crippen LogP contribution in [-0.2, 0) is 9.53 Å². The van der Waals surface area contributed by atoms with Crippen molar-refractivity contribution < 1.29 is 19.4 Å². The first-order valence-corrected chi connectivity index (χ1v) is 5.83. The van der Waals surface area contributed by atoms with Crippen molar-refractivity contribution in [2.24, 2.45) is 0 Å². The molecule has 1 rings (SSSR count). The first-order valence-electron chi connectivity index (χ1n) is 5.83. The Bertz CT molecular complexity index is 525. The van der Waals surface area contributed by atoms with E-state index in [1.165, 1.54) is 13.2 Å². The van der Waals surface area contributed by atoms with Gasteiger partial charge in [0.25, 0.3) is 0 Å². The molecule has 20 heavy (non-hydrogen) atoms. The molecule has 0 saturated carbocycles. The Morgan fingerprint density at radius 3 is 2.85 bits per heavy atom. The lowest BCUT2D eigenvalue weighted by Crippen LogP contribution is -2.40. The number of urea groups is 1. The number of nitriles is 1. The summed E-state index contributed by atoms with van der Waals surface area (Å²) in [6, 6.07) is 7.76. The summed E-state index contributed by atoms with van der Waals surface area (Å²) in [5.74, 6) is -1.11. The molecule has 0 aliphatic heterocycles. The van der Waals surface area contributed by atoms with Crippen molar-refractivity contribution in [3.8, 4) is 6.07 Å². The number of amides is 2. The number of carbonyl (C=O) groups excluding carboxylic acids is 1. The summed E-state index contributed by atoms with van der Waals surface area (Å²) in [6.07, 6.45) is 0. The average molecular weight is 277 g/mol. The van der Waals surface area contributed by atoms with Gasteiger partial charge in [-0.25, -0.2) is 4.79 Å². The fraction of sp³-hybridized carbons (Fsp3) is 0.308. The molecule has 0 unspecified atom stereocenters. The van der Waals surface area contributed by atoms with E-state index in [1.807, 2.05) is 6.07 Å². The molecule has 0 atom stereocenters. The minimum Gasteiger partial charge on any atom is -0.480 e. The highest BCUT2D eigenvalue weighted by molar-refractivity contribution is 5.91. The largest absolute Gasteiger partial charge is 0.480 e. The zero-order chi connectivity index (χ0) is 15.0. The van der Waals surface area contributed by atoms with Crippen molar-refractivity contribution in [1.82, 2.24) is 4.90 Å². The number of methoxy groups -OCH3 is 1. The third kappa shape index (κ3) is 4.96. The van der Waals surface area contributed by atoms with Crippen LogP contribution in [0.4, 0.5) is 10.5 Å². The minimum absolute atomic E-state index is 0.159. The van der Waals surface area contributed by atoms with E-state index in [1.54, 1.807) is 18.2 Å². The molecule has 0 radical (unpaired) electrons. The fourth-order valence-electron chi connectivity index (χ4n) is 1.49. The lowest BCUT2D eigenvalue weighted by atomic mass is 10.2. The normalized spacial score (nSPS) is 9.60. The van der Waals surface area contributed by atoms with E-state index in [0.717, 1.165) is 4.90 Å². The topological polar surface area (TPSA) is 103 Å². The monoisotopic (exact) mass is 277 g/mol. The third-order valence-corrected chi connectivity index (χ3v) is 2.42. The summed E-state index contributed by atoms with van der Waals surface area (Å²) in [4.78, 5) is 23.8. The molecular weight excluding hydrogens is 262 g/mol. The maximum atomic E-state index is 12.0. The number of hydrogen-bond donors (Lipinski definition) is 2. The first kappa shape index (κ1) is 15.5. The lowest BCUT2D eigenvalue weighted by Gasteiger charge is -2.20. The number of anilines is 1. The molecule has 7 heteroatoms. The molecule has 1 aromatic rings. The van der Waals surface area contributed by atoms with Gasteiger partial charge in [-0.15, -0.1) is 0 Å². The minimum atomic E-state index is -1.11. The summed E-state index contributed by atoms with van der Waals surface area (Å²) in [6.45, 7) is -0.0291. The van der Waals surface area contributed by atoms with Gasteiger partial charge in [-0.3, -0.25) is 4.79 Å². The van der Waals surface area contributed by atoms with Crippen LogP contribution in [0.5, 0.6) is 0 Å². The summed E-state index contributed by atoms with van der Waals surface area (Å²) in [5, 5.41) is 20.1. The fourth-order valence-corrected chi connectivity index (χ4v) is 1.49. The van der Waals surface area contributed by atoms with Crippen LogP contribution < -0.4 is 5.32 Å². The number of carboxylic acids is 1. The molecule has 0 aromatic heterocycles. The standard InChI is InChI=1S/C13H15N3O4/c1-20-6-5-16(9-12(17)18)13(19)15-11-4-2-3-10(7-11)8-14/h2-4,7H,5-6,9H2,1H3,(H,15,19)(H,17,18). The van der Waals surface area contributed by atoms with Crippen LogP contribution in [0.2, 0.25) is 0 Å². The second kappa shape index (κ2) is 7.76. The van der Waals surface area contributed by atoms with Gasteiger partial charge in [0.05, 0.1) is 18.2 Å². The van der Waals surface area contributed by atoms with E-state index in [2.05, 4.69) is 5.32 Å². The summed E-state index contributed by atoms with van der Waals surface area (Å²) in [5.41, 5.74) is 0.839. The van der Waals surface area contributed by atoms with Gasteiger partial charge in [-0.1, -0.05) is 6.07 Å². The van der Waals surface area contributed by atoms with E-state index in [9.17, 15) is 9.59 Å². The molecule has 1 aromatic carbocycles. The van der Waals surface area contributed by atoms with Crippen LogP contribution >= 0.6 is 0 Å². The summed E-state index contributed by atoms with van der Waals surface area (Å²) < 4.78 is 4.83. The molecule has 2 N–H and O–H groups in total. The number of ether oxygens (including phenoxy) is 1. The molecule has 0 saturated heterocycles. The second-order valence-corrected chi connectivity index (χ2v) is 3.93. The van der Waals surface area contributed by atoms with E-state index in [4.69, 9.17) is 15.1 Å². The number of aliphatic carboxylic acids is 1. The van der Waals surface area contributed by atoms with Crippen LogP contribution in [0, 0.1) is 11.3 Å². The maximum Gasteiger partial charge on any atom is 0.323 e. The molecule has 0 heterocycles. The number of carbonyl (C=O) groups is 2. The van der Waals surface area contributed by atoms with Gasteiger partial charge in [0, 0.05) is 19.3 Å². The Morgan fingerprint density at radius 2 is 2.25 bits per heavy atom. The van der Waals surface area contributed by atoms with E-state index in [-0.39, 0.29) is 13.2 Å². The first-order chi connectivity index (χ1) is 9.56. The van der Waals surface area contributed by atoms with Crippen molar-refractivity contribution in [3.05, 3.63) is 29.8 Å². The third-order valence-electron chi connectivity index (χ3n) is 2.42. The highest BCUT2D eigenvalue weighted by atomic mass is 16.5. The van der Waals surface area contributed by atoms with Crippen molar-refractivity contribution in [1.29, 1.82) is 5.26 Å². The highest BCUT2D eigenvalue weighted by Crippen LogP contribution is 2.10. The molecule has 7 nitrogen and oxygen atoms in total.